The van der Waals surface area contributed by atoms with Gasteiger partial charge < -0.3 is 9.64 Å². The molecule has 4 rings (SSSR count). The van der Waals surface area contributed by atoms with Crippen LogP contribution in [0.3, 0.4) is 0 Å². The van der Waals surface area contributed by atoms with E-state index < -0.39 is 33.6 Å². The highest BCUT2D eigenvalue weighted by Gasteiger charge is 2.44. The molecule has 1 amide bonds. The van der Waals surface area contributed by atoms with Crippen molar-refractivity contribution < 1.29 is 35.5 Å². The molecule has 1 N–H and O–H groups in total. The number of alkyl halides is 3. The van der Waals surface area contributed by atoms with E-state index in [4.69, 9.17) is 4.74 Å². The molecule has 0 aromatic heterocycles. The van der Waals surface area contributed by atoms with Crippen molar-refractivity contribution in [2.75, 3.05) is 19.8 Å². The highest BCUT2D eigenvalue weighted by Crippen LogP contribution is 2.37. The van der Waals surface area contributed by atoms with E-state index in [0.717, 1.165) is 29.8 Å². The second-order valence-electron chi connectivity index (χ2n) is 8.45. The number of benzene rings is 2. The first-order valence-electron chi connectivity index (χ1n) is 10.9. The third kappa shape index (κ3) is 4.82. The zero-order valence-electron chi connectivity index (χ0n) is 18.3. The molecule has 1 fully saturated rings. The molecule has 34 heavy (non-hydrogen) atoms. The van der Waals surface area contributed by atoms with Gasteiger partial charge in [-0.1, -0.05) is 25.1 Å². The Hall–Kier alpha value is -2.50. The summed E-state index contributed by atoms with van der Waals surface area (Å²) in [4.78, 5) is 14.2. The molecular weight excluding hydrogens is 476 g/mol. The molecule has 2 heterocycles. The summed E-state index contributed by atoms with van der Waals surface area (Å²) in [6.07, 6.45) is -3.91. The number of ether oxygens (including phenoxy) is 1. The monoisotopic (exact) mass is 500 g/mol. The smallest absolute Gasteiger partial charge is 0.380 e. The average molecular weight is 501 g/mol. The lowest BCUT2D eigenvalue weighted by atomic mass is 9.89. The van der Waals surface area contributed by atoms with Crippen LogP contribution in [0.5, 0.6) is 0 Å². The number of hydrogen-bond acceptors (Lipinski definition) is 4. The molecule has 0 radical (unpaired) electrons. The number of carbonyl (C=O) groups is 1. The number of carbonyl (C=O) groups excluding carboxylic acids is 1. The summed E-state index contributed by atoms with van der Waals surface area (Å²) in [5.41, 5.74) is 1.03. The number of sulfonamides is 1. The maximum atomic E-state index is 13.7. The van der Waals surface area contributed by atoms with Gasteiger partial charge in [-0.25, -0.2) is 12.8 Å². The van der Waals surface area contributed by atoms with Gasteiger partial charge >= 0.3 is 6.18 Å². The van der Waals surface area contributed by atoms with Crippen molar-refractivity contribution in [2.45, 2.75) is 42.9 Å². The number of amides is 1. The standard InChI is InChI=1S/C23H24F4N2O4S/c1-2-20-19-11-18(8-5-14(19)9-10-29(20)22(30)16-12-33-13-16)34(31,32)28-21(23(25,26)27)15-3-6-17(24)7-4-15/h3-8,11,16,20-21,28H,2,9-10,12-13H2,1H3. The van der Waals surface area contributed by atoms with Crippen LogP contribution in [-0.2, 0) is 26.0 Å². The summed E-state index contributed by atoms with van der Waals surface area (Å²) in [5, 5.41) is 0. The quantitative estimate of drug-likeness (QED) is 0.611. The first-order chi connectivity index (χ1) is 16.0. The van der Waals surface area contributed by atoms with Crippen LogP contribution in [-0.4, -0.2) is 45.2 Å². The van der Waals surface area contributed by atoms with Crippen LogP contribution in [0.25, 0.3) is 0 Å². The third-order valence-electron chi connectivity index (χ3n) is 6.25. The van der Waals surface area contributed by atoms with E-state index in [1.165, 1.54) is 12.1 Å². The fourth-order valence-corrected chi connectivity index (χ4v) is 5.61. The molecular formula is C23H24F4N2O4S. The van der Waals surface area contributed by atoms with Crippen molar-refractivity contribution in [2.24, 2.45) is 5.92 Å². The fraction of sp³-hybridized carbons (Fsp3) is 0.435. The Labute approximate surface area is 194 Å². The van der Waals surface area contributed by atoms with Gasteiger partial charge in [0.05, 0.1) is 30.1 Å². The molecule has 0 saturated carbocycles. The van der Waals surface area contributed by atoms with Gasteiger partial charge in [0.1, 0.15) is 11.9 Å². The molecule has 2 aliphatic rings. The summed E-state index contributed by atoms with van der Waals surface area (Å²) in [5.74, 6) is -1.03. The predicted octanol–water partition coefficient (Wildman–Crippen LogP) is 3.89. The van der Waals surface area contributed by atoms with Crippen LogP contribution in [0.1, 0.15) is 42.1 Å². The Balaban J connectivity index is 1.65. The first-order valence-corrected chi connectivity index (χ1v) is 12.3. The number of fused-ring (bicyclic) bond motifs is 1. The van der Waals surface area contributed by atoms with Crippen molar-refractivity contribution in [3.05, 3.63) is 65.0 Å². The van der Waals surface area contributed by atoms with Gasteiger partial charge in [0.15, 0.2) is 0 Å². The number of rotatable bonds is 6. The molecule has 184 valence electrons. The van der Waals surface area contributed by atoms with Crippen molar-refractivity contribution in [3.8, 4) is 0 Å². The minimum atomic E-state index is -4.95. The second kappa shape index (κ2) is 9.27. The zero-order valence-corrected chi connectivity index (χ0v) is 19.1. The molecule has 2 unspecified atom stereocenters. The van der Waals surface area contributed by atoms with E-state index in [1.54, 1.807) is 15.7 Å². The Morgan fingerprint density at radius 2 is 1.85 bits per heavy atom. The number of hydrogen-bond donors (Lipinski definition) is 1. The first kappa shape index (κ1) is 24.6. The molecule has 1 saturated heterocycles. The summed E-state index contributed by atoms with van der Waals surface area (Å²) in [6.45, 7) is 3.04. The second-order valence-corrected chi connectivity index (χ2v) is 10.2. The lowest BCUT2D eigenvalue weighted by molar-refractivity contribution is -0.153. The van der Waals surface area contributed by atoms with Gasteiger partial charge in [-0.2, -0.15) is 17.9 Å². The van der Waals surface area contributed by atoms with E-state index >= 15 is 0 Å². The van der Waals surface area contributed by atoms with Crippen LogP contribution in [0, 0.1) is 11.7 Å². The molecule has 2 aromatic rings. The molecule has 0 aliphatic carbocycles. The summed E-state index contributed by atoms with van der Waals surface area (Å²) in [7, 11) is -4.60. The molecule has 0 spiro atoms. The van der Waals surface area contributed by atoms with Gasteiger partial charge in [0.25, 0.3) is 0 Å². The van der Waals surface area contributed by atoms with Crippen LogP contribution < -0.4 is 4.72 Å². The van der Waals surface area contributed by atoms with Crippen LogP contribution in [0.4, 0.5) is 17.6 Å². The molecule has 2 aromatic carbocycles. The maximum absolute atomic E-state index is 13.7. The predicted molar refractivity (Wildman–Crippen MR) is 115 cm³/mol. The van der Waals surface area contributed by atoms with Crippen LogP contribution >= 0.6 is 0 Å². The van der Waals surface area contributed by atoms with Gasteiger partial charge in [-0.15, -0.1) is 0 Å². The van der Waals surface area contributed by atoms with Crippen molar-refractivity contribution in [3.63, 3.8) is 0 Å². The number of nitrogens with zero attached hydrogens (tertiary/aromatic N) is 1. The molecule has 0 bridgehead atoms. The molecule has 11 heteroatoms. The van der Waals surface area contributed by atoms with Crippen LogP contribution in [0.2, 0.25) is 0 Å². The van der Waals surface area contributed by atoms with Gasteiger partial charge in [0, 0.05) is 6.54 Å². The fourth-order valence-electron chi connectivity index (χ4n) is 4.36. The van der Waals surface area contributed by atoms with Crippen molar-refractivity contribution >= 4 is 15.9 Å². The van der Waals surface area contributed by atoms with Crippen molar-refractivity contribution in [1.29, 1.82) is 0 Å². The Bertz CT molecular complexity index is 1160. The molecule has 6 nitrogen and oxygen atoms in total. The van der Waals surface area contributed by atoms with E-state index in [0.29, 0.717) is 38.2 Å². The summed E-state index contributed by atoms with van der Waals surface area (Å²) in [6, 6.07) is 4.73. The highest BCUT2D eigenvalue weighted by molar-refractivity contribution is 7.89. The van der Waals surface area contributed by atoms with E-state index in [2.05, 4.69) is 0 Å². The van der Waals surface area contributed by atoms with Gasteiger partial charge in [-0.3, -0.25) is 4.79 Å². The normalized spacial score (nSPS) is 19.9. The zero-order chi connectivity index (χ0) is 24.7. The minimum Gasteiger partial charge on any atom is -0.380 e. The SMILES string of the molecule is CCC1c2cc(S(=O)(=O)NC(c3ccc(F)cc3)C(F)(F)F)ccc2CCN1C(=O)C1COC1. The summed E-state index contributed by atoms with van der Waals surface area (Å²) < 4.78 is 87.2. The number of nitrogens with one attached hydrogen (secondary N) is 1. The lowest BCUT2D eigenvalue weighted by Crippen LogP contribution is -2.48. The lowest BCUT2D eigenvalue weighted by Gasteiger charge is -2.40. The van der Waals surface area contributed by atoms with Crippen LogP contribution in [0.15, 0.2) is 47.4 Å². The van der Waals surface area contributed by atoms with Gasteiger partial charge in [-0.05, 0) is 53.8 Å². The van der Waals surface area contributed by atoms with Crippen molar-refractivity contribution in [1.82, 2.24) is 9.62 Å². The number of halogens is 4. The summed E-state index contributed by atoms with van der Waals surface area (Å²) >= 11 is 0. The average Bonchev–Trinajstić information content (AvgIpc) is 2.75. The maximum Gasteiger partial charge on any atom is 0.408 e. The van der Waals surface area contributed by atoms with E-state index in [-0.39, 0.29) is 22.8 Å². The van der Waals surface area contributed by atoms with Gasteiger partial charge in [0.2, 0.25) is 15.9 Å². The Morgan fingerprint density at radius 3 is 2.41 bits per heavy atom. The minimum absolute atomic E-state index is 0.0661. The van der Waals surface area contributed by atoms with E-state index in [9.17, 15) is 30.8 Å². The Kier molecular flexibility index (Phi) is 6.71. The Morgan fingerprint density at radius 1 is 1.18 bits per heavy atom. The molecule has 2 atom stereocenters. The largest absolute Gasteiger partial charge is 0.408 e. The topological polar surface area (TPSA) is 75.7 Å². The van der Waals surface area contributed by atoms with E-state index in [1.807, 2.05) is 6.92 Å². The highest BCUT2D eigenvalue weighted by atomic mass is 32.2. The molecule has 2 aliphatic heterocycles. The third-order valence-corrected chi connectivity index (χ3v) is 7.67.